The van der Waals surface area contributed by atoms with Crippen LogP contribution in [0.2, 0.25) is 0 Å². The van der Waals surface area contributed by atoms with Crippen LogP contribution in [0, 0.1) is 5.92 Å². The van der Waals surface area contributed by atoms with E-state index in [1.165, 1.54) is 5.56 Å². The highest BCUT2D eigenvalue weighted by atomic mass is 32.1. The normalized spacial score (nSPS) is 12.8. The standard InChI is InChI=1S/C13H21NOS/c1-11(10-16)8-14(2)9-12-4-6-13(15-3)7-5-12/h4-7,11,16H,8-10H2,1-3H3. The maximum Gasteiger partial charge on any atom is 0.118 e. The van der Waals surface area contributed by atoms with E-state index in [1.807, 2.05) is 12.1 Å². The minimum Gasteiger partial charge on any atom is -0.497 e. The third kappa shape index (κ3) is 4.45. The van der Waals surface area contributed by atoms with Gasteiger partial charge >= 0.3 is 0 Å². The van der Waals surface area contributed by atoms with Gasteiger partial charge in [-0.25, -0.2) is 0 Å². The van der Waals surface area contributed by atoms with Crippen LogP contribution in [0.4, 0.5) is 0 Å². The van der Waals surface area contributed by atoms with Gasteiger partial charge in [-0.05, 0) is 36.4 Å². The van der Waals surface area contributed by atoms with E-state index in [0.717, 1.165) is 24.6 Å². The first-order valence-corrected chi connectivity index (χ1v) is 6.21. The molecule has 0 spiro atoms. The molecule has 16 heavy (non-hydrogen) atoms. The molecule has 0 heterocycles. The van der Waals surface area contributed by atoms with Gasteiger partial charge in [-0.15, -0.1) is 0 Å². The minimum atomic E-state index is 0.631. The van der Waals surface area contributed by atoms with Crippen molar-refractivity contribution < 1.29 is 4.74 Å². The lowest BCUT2D eigenvalue weighted by Gasteiger charge is -2.20. The maximum absolute atomic E-state index is 5.13. The molecule has 3 heteroatoms. The van der Waals surface area contributed by atoms with Gasteiger partial charge in [-0.1, -0.05) is 19.1 Å². The summed E-state index contributed by atoms with van der Waals surface area (Å²) < 4.78 is 5.13. The number of thiol groups is 1. The Bertz CT molecular complexity index is 299. The van der Waals surface area contributed by atoms with E-state index >= 15 is 0 Å². The van der Waals surface area contributed by atoms with Crippen LogP contribution in [0.3, 0.4) is 0 Å². The SMILES string of the molecule is COc1ccc(CN(C)CC(C)CS)cc1. The molecule has 0 amide bonds. The zero-order chi connectivity index (χ0) is 12.0. The third-order valence-corrected chi connectivity index (χ3v) is 3.17. The fraction of sp³-hybridized carbons (Fsp3) is 0.538. The van der Waals surface area contributed by atoms with Crippen LogP contribution in [0.1, 0.15) is 12.5 Å². The molecule has 0 bridgehead atoms. The van der Waals surface area contributed by atoms with E-state index in [9.17, 15) is 0 Å². The number of hydrogen-bond donors (Lipinski definition) is 1. The second-order valence-corrected chi connectivity index (χ2v) is 4.70. The van der Waals surface area contributed by atoms with Crippen molar-refractivity contribution in [3.63, 3.8) is 0 Å². The zero-order valence-electron chi connectivity index (χ0n) is 10.3. The average molecular weight is 239 g/mol. The Hall–Kier alpha value is -0.670. The lowest BCUT2D eigenvalue weighted by molar-refractivity contribution is 0.290. The topological polar surface area (TPSA) is 12.5 Å². The van der Waals surface area contributed by atoms with E-state index in [4.69, 9.17) is 4.74 Å². The van der Waals surface area contributed by atoms with Crippen LogP contribution in [0.5, 0.6) is 5.75 Å². The molecule has 0 aliphatic heterocycles. The Morgan fingerprint density at radius 2 is 1.94 bits per heavy atom. The highest BCUT2D eigenvalue weighted by molar-refractivity contribution is 7.80. The van der Waals surface area contributed by atoms with E-state index in [2.05, 4.69) is 43.6 Å². The summed E-state index contributed by atoms with van der Waals surface area (Å²) in [5, 5.41) is 0. The first kappa shape index (κ1) is 13.4. The van der Waals surface area contributed by atoms with Gasteiger partial charge in [0, 0.05) is 13.1 Å². The molecular weight excluding hydrogens is 218 g/mol. The van der Waals surface area contributed by atoms with Crippen LogP contribution in [-0.2, 0) is 6.54 Å². The molecule has 1 rings (SSSR count). The Kier molecular flexibility index (Phi) is 5.71. The number of hydrogen-bond acceptors (Lipinski definition) is 3. The van der Waals surface area contributed by atoms with Gasteiger partial charge in [0.15, 0.2) is 0 Å². The Morgan fingerprint density at radius 1 is 1.31 bits per heavy atom. The molecule has 0 aliphatic rings. The fourth-order valence-corrected chi connectivity index (χ4v) is 1.81. The molecule has 0 fully saturated rings. The van der Waals surface area contributed by atoms with Gasteiger partial charge in [0.2, 0.25) is 0 Å². The Morgan fingerprint density at radius 3 is 2.44 bits per heavy atom. The molecule has 0 aliphatic carbocycles. The molecule has 0 aromatic heterocycles. The summed E-state index contributed by atoms with van der Waals surface area (Å²) in [5.41, 5.74) is 1.31. The van der Waals surface area contributed by atoms with Crippen molar-refractivity contribution in [1.29, 1.82) is 0 Å². The van der Waals surface area contributed by atoms with Gasteiger partial charge < -0.3 is 9.64 Å². The first-order valence-electron chi connectivity index (χ1n) is 5.58. The predicted octanol–water partition coefficient (Wildman–Crippen LogP) is 2.69. The molecule has 1 aromatic carbocycles. The van der Waals surface area contributed by atoms with Crippen molar-refractivity contribution in [1.82, 2.24) is 4.90 Å². The molecule has 0 N–H and O–H groups in total. The maximum atomic E-state index is 5.13. The van der Waals surface area contributed by atoms with E-state index in [0.29, 0.717) is 5.92 Å². The summed E-state index contributed by atoms with van der Waals surface area (Å²) in [5.74, 6) is 2.48. The lowest BCUT2D eigenvalue weighted by Crippen LogP contribution is -2.24. The number of ether oxygens (including phenoxy) is 1. The van der Waals surface area contributed by atoms with Crippen LogP contribution in [0.25, 0.3) is 0 Å². The van der Waals surface area contributed by atoms with Crippen molar-refractivity contribution >= 4 is 12.6 Å². The Balaban J connectivity index is 2.46. The van der Waals surface area contributed by atoms with Crippen molar-refractivity contribution in [3.05, 3.63) is 29.8 Å². The van der Waals surface area contributed by atoms with Gasteiger partial charge in [0.25, 0.3) is 0 Å². The van der Waals surface area contributed by atoms with Crippen molar-refractivity contribution in [2.24, 2.45) is 5.92 Å². The van der Waals surface area contributed by atoms with Crippen molar-refractivity contribution in [2.45, 2.75) is 13.5 Å². The molecule has 0 saturated carbocycles. The summed E-state index contributed by atoms with van der Waals surface area (Å²) in [6, 6.07) is 8.23. The quantitative estimate of drug-likeness (QED) is 0.766. The summed E-state index contributed by atoms with van der Waals surface area (Å²) >= 11 is 4.30. The molecule has 0 saturated heterocycles. The van der Waals surface area contributed by atoms with Gasteiger partial charge in [0.1, 0.15) is 5.75 Å². The zero-order valence-corrected chi connectivity index (χ0v) is 11.2. The fourth-order valence-electron chi connectivity index (χ4n) is 1.70. The summed E-state index contributed by atoms with van der Waals surface area (Å²) in [7, 11) is 3.83. The monoisotopic (exact) mass is 239 g/mol. The third-order valence-electron chi connectivity index (χ3n) is 2.55. The molecule has 2 nitrogen and oxygen atoms in total. The van der Waals surface area contributed by atoms with Gasteiger partial charge in [0.05, 0.1) is 7.11 Å². The summed E-state index contributed by atoms with van der Waals surface area (Å²) in [6.07, 6.45) is 0. The molecule has 1 unspecified atom stereocenters. The Labute approximate surface area is 104 Å². The second-order valence-electron chi connectivity index (χ2n) is 4.33. The number of benzene rings is 1. The summed E-state index contributed by atoms with van der Waals surface area (Å²) in [4.78, 5) is 2.32. The predicted molar refractivity (Wildman–Crippen MR) is 72.3 cm³/mol. The van der Waals surface area contributed by atoms with Gasteiger partial charge in [-0.2, -0.15) is 12.6 Å². The average Bonchev–Trinajstić information content (AvgIpc) is 2.29. The van der Waals surface area contributed by atoms with Crippen molar-refractivity contribution in [2.75, 3.05) is 26.5 Å². The van der Waals surface area contributed by atoms with Crippen molar-refractivity contribution in [3.8, 4) is 5.75 Å². The highest BCUT2D eigenvalue weighted by Crippen LogP contribution is 2.13. The van der Waals surface area contributed by atoms with E-state index in [1.54, 1.807) is 7.11 Å². The van der Waals surface area contributed by atoms with Crippen LogP contribution >= 0.6 is 12.6 Å². The smallest absolute Gasteiger partial charge is 0.118 e. The molecule has 0 radical (unpaired) electrons. The number of rotatable bonds is 6. The summed E-state index contributed by atoms with van der Waals surface area (Å²) in [6.45, 7) is 4.27. The van der Waals surface area contributed by atoms with Gasteiger partial charge in [-0.3, -0.25) is 0 Å². The molecule has 90 valence electrons. The van der Waals surface area contributed by atoms with Crippen LogP contribution in [0.15, 0.2) is 24.3 Å². The van der Waals surface area contributed by atoms with E-state index < -0.39 is 0 Å². The second kappa shape index (κ2) is 6.81. The molecular formula is C13H21NOS. The number of nitrogens with zero attached hydrogens (tertiary/aromatic N) is 1. The van der Waals surface area contributed by atoms with E-state index in [-0.39, 0.29) is 0 Å². The first-order chi connectivity index (χ1) is 7.65. The largest absolute Gasteiger partial charge is 0.497 e. The molecule has 1 atom stereocenters. The minimum absolute atomic E-state index is 0.631. The lowest BCUT2D eigenvalue weighted by atomic mass is 10.1. The van der Waals surface area contributed by atoms with Crippen LogP contribution in [-0.4, -0.2) is 31.4 Å². The number of methoxy groups -OCH3 is 1. The van der Waals surface area contributed by atoms with Crippen LogP contribution < -0.4 is 4.74 Å². The highest BCUT2D eigenvalue weighted by Gasteiger charge is 2.05. The molecule has 1 aromatic rings.